The molecule has 0 heterocycles. The van der Waals surface area contributed by atoms with Crippen LogP contribution in [-0.2, 0) is 0 Å². The van der Waals surface area contributed by atoms with Gasteiger partial charge in [0.1, 0.15) is 5.82 Å². The molecule has 1 saturated carbocycles. The molecule has 1 aliphatic rings. The van der Waals surface area contributed by atoms with Crippen molar-refractivity contribution >= 4 is 37.8 Å². The van der Waals surface area contributed by atoms with Crippen LogP contribution in [0.2, 0.25) is 0 Å². The lowest BCUT2D eigenvalue weighted by atomic mass is 9.80. The van der Waals surface area contributed by atoms with E-state index in [1.807, 2.05) is 0 Å². The number of hydrogen-bond donors (Lipinski definition) is 1. The SMILES string of the molecule is O=C(NCC1CCCCC1CBr)c1ccc(Br)cc1F. The predicted octanol–water partition coefficient (Wildman–Crippen LogP) is 4.52. The van der Waals surface area contributed by atoms with Crippen LogP contribution in [0.3, 0.4) is 0 Å². The van der Waals surface area contributed by atoms with Gasteiger partial charge >= 0.3 is 0 Å². The Balaban J connectivity index is 1.94. The summed E-state index contributed by atoms with van der Waals surface area (Å²) in [7, 11) is 0. The molecule has 2 atom stereocenters. The number of hydrogen-bond acceptors (Lipinski definition) is 1. The number of rotatable bonds is 4. The Labute approximate surface area is 135 Å². The van der Waals surface area contributed by atoms with Gasteiger partial charge < -0.3 is 5.32 Å². The third-order valence-electron chi connectivity index (χ3n) is 3.97. The molecule has 1 fully saturated rings. The number of carbonyl (C=O) groups is 1. The van der Waals surface area contributed by atoms with Gasteiger partial charge in [-0.05, 0) is 42.9 Å². The third kappa shape index (κ3) is 4.04. The highest BCUT2D eigenvalue weighted by Gasteiger charge is 2.24. The van der Waals surface area contributed by atoms with Crippen LogP contribution in [0.25, 0.3) is 0 Å². The molecule has 0 aliphatic heterocycles. The van der Waals surface area contributed by atoms with Crippen molar-refractivity contribution in [2.45, 2.75) is 25.7 Å². The van der Waals surface area contributed by atoms with Gasteiger partial charge in [0, 0.05) is 16.3 Å². The van der Waals surface area contributed by atoms with Crippen molar-refractivity contribution in [2.75, 3.05) is 11.9 Å². The first-order valence-electron chi connectivity index (χ1n) is 6.91. The number of carbonyl (C=O) groups excluding carboxylic acids is 1. The molecule has 110 valence electrons. The molecule has 2 unspecified atom stereocenters. The lowest BCUT2D eigenvalue weighted by molar-refractivity contribution is 0.0933. The molecule has 1 aromatic carbocycles. The van der Waals surface area contributed by atoms with E-state index in [-0.39, 0.29) is 11.5 Å². The van der Waals surface area contributed by atoms with E-state index in [1.54, 1.807) is 6.07 Å². The van der Waals surface area contributed by atoms with Gasteiger partial charge in [-0.25, -0.2) is 4.39 Å². The second kappa shape index (κ2) is 7.55. The zero-order valence-corrected chi connectivity index (χ0v) is 14.3. The minimum atomic E-state index is -0.488. The van der Waals surface area contributed by atoms with E-state index in [0.29, 0.717) is 22.9 Å². The highest BCUT2D eigenvalue weighted by Crippen LogP contribution is 2.30. The minimum Gasteiger partial charge on any atom is -0.352 e. The summed E-state index contributed by atoms with van der Waals surface area (Å²) in [4.78, 5) is 12.0. The quantitative estimate of drug-likeness (QED) is 0.731. The molecule has 0 saturated heterocycles. The van der Waals surface area contributed by atoms with Crippen LogP contribution >= 0.6 is 31.9 Å². The number of benzene rings is 1. The first kappa shape index (κ1) is 16.0. The van der Waals surface area contributed by atoms with Crippen molar-refractivity contribution in [3.63, 3.8) is 0 Å². The summed E-state index contributed by atoms with van der Waals surface area (Å²) in [6.45, 7) is 0.630. The van der Waals surface area contributed by atoms with Crippen LogP contribution in [-0.4, -0.2) is 17.8 Å². The maximum absolute atomic E-state index is 13.7. The maximum Gasteiger partial charge on any atom is 0.254 e. The molecule has 1 amide bonds. The Morgan fingerprint density at radius 3 is 2.65 bits per heavy atom. The zero-order chi connectivity index (χ0) is 14.5. The average molecular weight is 407 g/mol. The molecular formula is C15H18Br2FNO. The van der Waals surface area contributed by atoms with Crippen LogP contribution in [0.5, 0.6) is 0 Å². The fourth-order valence-corrected chi connectivity index (χ4v) is 3.93. The van der Waals surface area contributed by atoms with E-state index in [2.05, 4.69) is 37.2 Å². The molecule has 0 spiro atoms. The number of alkyl halides is 1. The van der Waals surface area contributed by atoms with Gasteiger partial charge in [-0.2, -0.15) is 0 Å². The van der Waals surface area contributed by atoms with Gasteiger partial charge in [0.2, 0.25) is 0 Å². The van der Waals surface area contributed by atoms with Crippen molar-refractivity contribution in [2.24, 2.45) is 11.8 Å². The summed E-state index contributed by atoms with van der Waals surface area (Å²) in [5.74, 6) is 0.288. The van der Waals surface area contributed by atoms with Crippen LogP contribution in [0.4, 0.5) is 4.39 Å². The molecule has 1 aromatic rings. The minimum absolute atomic E-state index is 0.111. The van der Waals surface area contributed by atoms with Gasteiger partial charge in [-0.3, -0.25) is 4.79 Å². The molecule has 2 rings (SSSR count). The molecule has 2 nitrogen and oxygen atoms in total. The van der Waals surface area contributed by atoms with Gasteiger partial charge in [0.05, 0.1) is 5.56 Å². The van der Waals surface area contributed by atoms with Crippen molar-refractivity contribution < 1.29 is 9.18 Å². The number of amides is 1. The Bertz CT molecular complexity index is 481. The molecular weight excluding hydrogens is 389 g/mol. The van der Waals surface area contributed by atoms with E-state index in [4.69, 9.17) is 0 Å². The van der Waals surface area contributed by atoms with Crippen LogP contribution < -0.4 is 5.32 Å². The summed E-state index contributed by atoms with van der Waals surface area (Å²) < 4.78 is 14.3. The van der Waals surface area contributed by atoms with E-state index < -0.39 is 5.82 Å². The largest absolute Gasteiger partial charge is 0.352 e. The van der Waals surface area contributed by atoms with E-state index in [1.165, 1.54) is 31.4 Å². The van der Waals surface area contributed by atoms with Gasteiger partial charge in [0.25, 0.3) is 5.91 Å². The second-order valence-corrected chi connectivity index (χ2v) is 6.86. The normalized spacial score (nSPS) is 22.6. The average Bonchev–Trinajstić information content (AvgIpc) is 2.45. The van der Waals surface area contributed by atoms with Gasteiger partial charge in [-0.1, -0.05) is 44.7 Å². The summed E-state index contributed by atoms with van der Waals surface area (Å²) in [6, 6.07) is 4.51. The van der Waals surface area contributed by atoms with E-state index in [9.17, 15) is 9.18 Å². The number of halogens is 3. The van der Waals surface area contributed by atoms with Crippen molar-refractivity contribution in [1.82, 2.24) is 5.32 Å². The second-order valence-electron chi connectivity index (χ2n) is 5.29. The molecule has 1 N–H and O–H groups in total. The third-order valence-corrected chi connectivity index (χ3v) is 5.29. The first-order chi connectivity index (χ1) is 9.61. The lowest BCUT2D eigenvalue weighted by Gasteiger charge is -2.30. The Morgan fingerprint density at radius 1 is 1.30 bits per heavy atom. The van der Waals surface area contributed by atoms with Crippen molar-refractivity contribution in [3.05, 3.63) is 34.1 Å². The highest BCUT2D eigenvalue weighted by molar-refractivity contribution is 9.10. The molecule has 0 aromatic heterocycles. The van der Waals surface area contributed by atoms with Gasteiger partial charge in [0.15, 0.2) is 0 Å². The smallest absolute Gasteiger partial charge is 0.254 e. The summed E-state index contributed by atoms with van der Waals surface area (Å²) in [6.07, 6.45) is 4.83. The Kier molecular flexibility index (Phi) is 6.02. The fourth-order valence-electron chi connectivity index (χ4n) is 2.75. The maximum atomic E-state index is 13.7. The summed E-state index contributed by atoms with van der Waals surface area (Å²) in [5, 5.41) is 3.85. The Morgan fingerprint density at radius 2 is 2.00 bits per heavy atom. The number of nitrogens with one attached hydrogen (secondary N) is 1. The van der Waals surface area contributed by atoms with Crippen LogP contribution in [0, 0.1) is 17.7 Å². The van der Waals surface area contributed by atoms with Gasteiger partial charge in [-0.15, -0.1) is 0 Å². The Hall–Kier alpha value is -0.420. The van der Waals surface area contributed by atoms with Crippen molar-refractivity contribution in [1.29, 1.82) is 0 Å². The summed E-state index contributed by atoms with van der Waals surface area (Å²) >= 11 is 6.73. The van der Waals surface area contributed by atoms with Crippen LogP contribution in [0.15, 0.2) is 22.7 Å². The molecule has 0 radical (unpaired) electrons. The molecule has 0 bridgehead atoms. The highest BCUT2D eigenvalue weighted by atomic mass is 79.9. The van der Waals surface area contributed by atoms with Crippen molar-refractivity contribution in [3.8, 4) is 0 Å². The topological polar surface area (TPSA) is 29.1 Å². The summed E-state index contributed by atoms with van der Waals surface area (Å²) in [5.41, 5.74) is 0.111. The first-order valence-corrected chi connectivity index (χ1v) is 8.82. The zero-order valence-electron chi connectivity index (χ0n) is 11.2. The standard InChI is InChI=1S/C15H18Br2FNO/c16-8-10-3-1-2-4-11(10)9-19-15(20)13-6-5-12(17)7-14(13)18/h5-7,10-11H,1-4,8-9H2,(H,19,20). The fraction of sp³-hybridized carbons (Fsp3) is 0.533. The van der Waals surface area contributed by atoms with Crippen LogP contribution in [0.1, 0.15) is 36.0 Å². The van der Waals surface area contributed by atoms with E-state index in [0.717, 1.165) is 11.8 Å². The van der Waals surface area contributed by atoms with E-state index >= 15 is 0 Å². The molecule has 5 heteroatoms. The predicted molar refractivity (Wildman–Crippen MR) is 85.7 cm³/mol. The monoisotopic (exact) mass is 405 g/mol. The lowest BCUT2D eigenvalue weighted by Crippen LogP contribution is -2.35. The molecule has 1 aliphatic carbocycles. The molecule has 20 heavy (non-hydrogen) atoms.